The van der Waals surface area contributed by atoms with Crippen LogP contribution in [0.3, 0.4) is 0 Å². The maximum atomic E-state index is 13.4. The first-order valence-electron chi connectivity index (χ1n) is 6.76. The van der Waals surface area contributed by atoms with E-state index in [0.717, 1.165) is 5.56 Å². The van der Waals surface area contributed by atoms with Gasteiger partial charge >= 0.3 is 0 Å². The fourth-order valence-corrected chi connectivity index (χ4v) is 2.64. The Morgan fingerprint density at radius 2 is 1.91 bits per heavy atom. The van der Waals surface area contributed by atoms with Crippen LogP contribution in [0.2, 0.25) is 0 Å². The van der Waals surface area contributed by atoms with E-state index < -0.39 is 0 Å². The van der Waals surface area contributed by atoms with Gasteiger partial charge in [-0.05, 0) is 23.8 Å². The van der Waals surface area contributed by atoms with Crippen molar-refractivity contribution in [2.45, 2.75) is 12.3 Å². The van der Waals surface area contributed by atoms with Crippen molar-refractivity contribution in [1.29, 1.82) is 5.26 Å². The van der Waals surface area contributed by atoms with Crippen molar-refractivity contribution in [2.24, 2.45) is 0 Å². The Morgan fingerprint density at radius 1 is 1.18 bits per heavy atom. The third kappa shape index (κ3) is 4.90. The van der Waals surface area contributed by atoms with Crippen molar-refractivity contribution >= 4 is 17.7 Å². The molecule has 2 aromatic rings. The summed E-state index contributed by atoms with van der Waals surface area (Å²) in [6, 6.07) is 15.7. The first-order chi connectivity index (χ1) is 10.7. The summed E-state index contributed by atoms with van der Waals surface area (Å²) in [7, 11) is 0. The molecule has 1 N–H and O–H groups in total. The van der Waals surface area contributed by atoms with Crippen molar-refractivity contribution in [1.82, 2.24) is 5.32 Å². The number of nitriles is 1. The smallest absolute Gasteiger partial charge is 0.230 e. The van der Waals surface area contributed by atoms with E-state index in [1.807, 2.05) is 12.1 Å². The van der Waals surface area contributed by atoms with Gasteiger partial charge in [0.05, 0.1) is 17.4 Å². The lowest BCUT2D eigenvalue weighted by atomic mass is 10.2. The molecule has 0 aliphatic rings. The van der Waals surface area contributed by atoms with Crippen LogP contribution >= 0.6 is 11.8 Å². The highest BCUT2D eigenvalue weighted by molar-refractivity contribution is 7.99. The van der Waals surface area contributed by atoms with E-state index in [4.69, 9.17) is 5.26 Å². The average molecular weight is 314 g/mol. The van der Waals surface area contributed by atoms with Crippen LogP contribution in [-0.2, 0) is 17.1 Å². The third-order valence-electron chi connectivity index (χ3n) is 3.02. The number of carbonyl (C=O) groups excluding carboxylic acids is 1. The second kappa shape index (κ2) is 8.20. The fraction of sp³-hybridized carbons (Fsp3) is 0.176. The molecule has 0 heterocycles. The van der Waals surface area contributed by atoms with Gasteiger partial charge in [0.2, 0.25) is 5.91 Å². The normalized spacial score (nSPS) is 10.0. The summed E-state index contributed by atoms with van der Waals surface area (Å²) in [6.07, 6.45) is 0. The van der Waals surface area contributed by atoms with Gasteiger partial charge in [-0.1, -0.05) is 30.3 Å². The van der Waals surface area contributed by atoms with Crippen molar-refractivity contribution in [3.8, 4) is 6.07 Å². The molecule has 0 radical (unpaired) electrons. The molecule has 3 nitrogen and oxygen atoms in total. The van der Waals surface area contributed by atoms with Crippen LogP contribution < -0.4 is 5.32 Å². The lowest BCUT2D eigenvalue weighted by molar-refractivity contribution is -0.118. The van der Waals surface area contributed by atoms with Crippen molar-refractivity contribution in [3.63, 3.8) is 0 Å². The molecule has 0 unspecified atom stereocenters. The first-order valence-corrected chi connectivity index (χ1v) is 7.91. The van der Waals surface area contributed by atoms with Gasteiger partial charge in [0.25, 0.3) is 0 Å². The Labute approximate surface area is 133 Å². The van der Waals surface area contributed by atoms with Gasteiger partial charge in [-0.2, -0.15) is 5.26 Å². The molecular weight excluding hydrogens is 299 g/mol. The number of carbonyl (C=O) groups is 1. The Morgan fingerprint density at radius 3 is 2.59 bits per heavy atom. The number of halogens is 1. The second-order valence-corrected chi connectivity index (χ2v) is 5.66. The van der Waals surface area contributed by atoms with Gasteiger partial charge < -0.3 is 5.32 Å². The molecule has 0 aromatic heterocycles. The summed E-state index contributed by atoms with van der Waals surface area (Å²) in [5.41, 5.74) is 2.16. The Bertz CT molecular complexity index is 680. The number of hydrogen-bond acceptors (Lipinski definition) is 3. The van der Waals surface area contributed by atoms with Crippen molar-refractivity contribution < 1.29 is 9.18 Å². The zero-order valence-electron chi connectivity index (χ0n) is 11.9. The lowest BCUT2D eigenvalue weighted by Gasteiger charge is -2.06. The molecule has 112 valence electrons. The van der Waals surface area contributed by atoms with Gasteiger partial charge in [0.1, 0.15) is 5.82 Å². The summed E-state index contributed by atoms with van der Waals surface area (Å²) in [5.74, 6) is 0.572. The van der Waals surface area contributed by atoms with E-state index in [-0.39, 0.29) is 18.3 Å². The molecule has 2 aromatic carbocycles. The Kier molecular flexibility index (Phi) is 5.99. The predicted octanol–water partition coefficient (Wildman–Crippen LogP) is 3.25. The first kappa shape index (κ1) is 16.1. The molecule has 0 saturated heterocycles. The van der Waals surface area contributed by atoms with Gasteiger partial charge in [-0.25, -0.2) is 4.39 Å². The zero-order valence-corrected chi connectivity index (χ0v) is 12.7. The lowest BCUT2D eigenvalue weighted by Crippen LogP contribution is -2.25. The van der Waals surface area contributed by atoms with Crippen LogP contribution in [0.15, 0.2) is 48.5 Å². The van der Waals surface area contributed by atoms with E-state index in [9.17, 15) is 9.18 Å². The van der Waals surface area contributed by atoms with Gasteiger partial charge in [-0.15, -0.1) is 11.8 Å². The number of benzene rings is 2. The molecule has 2 rings (SSSR count). The van der Waals surface area contributed by atoms with Crippen LogP contribution in [0.4, 0.5) is 4.39 Å². The van der Waals surface area contributed by atoms with Gasteiger partial charge in [0, 0.05) is 17.9 Å². The second-order valence-electron chi connectivity index (χ2n) is 4.67. The molecule has 1 amide bonds. The summed E-state index contributed by atoms with van der Waals surface area (Å²) >= 11 is 1.48. The summed E-state index contributed by atoms with van der Waals surface area (Å²) in [5, 5.41) is 11.4. The molecule has 0 aliphatic carbocycles. The molecule has 0 fully saturated rings. The SMILES string of the molecule is N#Cc1ccc(CSCC(=O)NCc2ccccc2F)cc1. The van der Waals surface area contributed by atoms with Crippen molar-refractivity contribution in [2.75, 3.05) is 5.75 Å². The number of thioether (sulfide) groups is 1. The zero-order chi connectivity index (χ0) is 15.8. The molecule has 0 atom stereocenters. The summed E-state index contributed by atoms with van der Waals surface area (Å²) in [6.45, 7) is 0.197. The van der Waals surface area contributed by atoms with E-state index >= 15 is 0 Å². The maximum absolute atomic E-state index is 13.4. The van der Waals surface area contributed by atoms with Crippen molar-refractivity contribution in [3.05, 3.63) is 71.0 Å². The number of rotatable bonds is 6. The van der Waals surface area contributed by atoms with Gasteiger partial charge in [-0.3, -0.25) is 4.79 Å². The third-order valence-corrected chi connectivity index (χ3v) is 4.02. The Balaban J connectivity index is 1.71. The quantitative estimate of drug-likeness (QED) is 0.890. The highest BCUT2D eigenvalue weighted by Crippen LogP contribution is 2.13. The molecule has 0 bridgehead atoms. The number of hydrogen-bond donors (Lipinski definition) is 1. The monoisotopic (exact) mass is 314 g/mol. The standard InChI is InChI=1S/C17H15FN2OS/c18-16-4-2-1-3-15(16)10-20-17(21)12-22-11-14-7-5-13(9-19)6-8-14/h1-8H,10-12H2,(H,20,21). The van der Waals surface area contributed by atoms with Crippen LogP contribution in [0.5, 0.6) is 0 Å². The van der Waals surface area contributed by atoms with Gasteiger partial charge in [0.15, 0.2) is 0 Å². The van der Waals surface area contributed by atoms with E-state index in [1.54, 1.807) is 30.3 Å². The molecule has 0 saturated carbocycles. The minimum atomic E-state index is -0.312. The predicted molar refractivity (Wildman–Crippen MR) is 85.6 cm³/mol. The van der Waals surface area contributed by atoms with Crippen LogP contribution in [-0.4, -0.2) is 11.7 Å². The van der Waals surface area contributed by atoms with E-state index in [0.29, 0.717) is 22.6 Å². The molecule has 0 aliphatic heterocycles. The maximum Gasteiger partial charge on any atom is 0.230 e. The number of nitrogens with one attached hydrogen (secondary N) is 1. The molecule has 22 heavy (non-hydrogen) atoms. The van der Waals surface area contributed by atoms with Crippen LogP contribution in [0, 0.1) is 17.1 Å². The van der Waals surface area contributed by atoms with Crippen LogP contribution in [0.1, 0.15) is 16.7 Å². The van der Waals surface area contributed by atoms with E-state index in [2.05, 4.69) is 11.4 Å². The molecule has 0 spiro atoms. The largest absolute Gasteiger partial charge is 0.351 e. The van der Waals surface area contributed by atoms with Crippen LogP contribution in [0.25, 0.3) is 0 Å². The fourth-order valence-electron chi connectivity index (χ4n) is 1.82. The number of nitrogens with zero attached hydrogens (tertiary/aromatic N) is 1. The highest BCUT2D eigenvalue weighted by atomic mass is 32.2. The summed E-state index contributed by atoms with van der Waals surface area (Å²) < 4.78 is 13.4. The Hall–Kier alpha value is -2.32. The molecular formula is C17H15FN2OS. The van der Waals surface area contributed by atoms with E-state index in [1.165, 1.54) is 17.8 Å². The topological polar surface area (TPSA) is 52.9 Å². The average Bonchev–Trinajstić information content (AvgIpc) is 2.55. The summed E-state index contributed by atoms with van der Waals surface area (Å²) in [4.78, 5) is 11.7. The highest BCUT2D eigenvalue weighted by Gasteiger charge is 2.05. The minimum absolute atomic E-state index is 0.123. The minimum Gasteiger partial charge on any atom is -0.351 e. The molecule has 5 heteroatoms. The number of amides is 1.